The lowest BCUT2D eigenvalue weighted by Gasteiger charge is -2.31. The number of nitrogens with zero attached hydrogens (tertiary/aromatic N) is 5. The number of aryl methyl sites for hydroxylation is 2. The maximum atomic E-state index is 6.39. The number of piperidine rings is 1. The van der Waals surface area contributed by atoms with E-state index in [1.54, 1.807) is 0 Å². The Hall–Kier alpha value is -2.42. The second kappa shape index (κ2) is 8.84. The fraction of sp³-hybridized carbons (Fsp3) is 0.583. The maximum absolute atomic E-state index is 6.39. The van der Waals surface area contributed by atoms with Crippen molar-refractivity contribution in [2.24, 2.45) is 0 Å². The summed E-state index contributed by atoms with van der Waals surface area (Å²) in [6, 6.07) is 4.68. The largest absolute Gasteiger partial charge is 0.456 e. The Bertz CT molecular complexity index is 1050. The van der Waals surface area contributed by atoms with E-state index in [1.165, 1.54) is 0 Å². The first-order valence-electron chi connectivity index (χ1n) is 11.7. The second-order valence-electron chi connectivity index (χ2n) is 9.49. The number of anilines is 1. The normalized spacial score (nSPS) is 19.8. The number of furan rings is 1. The van der Waals surface area contributed by atoms with Crippen LogP contribution in [0, 0.1) is 13.8 Å². The number of hydrogen-bond acceptors (Lipinski definition) is 8. The molecule has 8 heteroatoms. The predicted octanol–water partition coefficient (Wildman–Crippen LogP) is 3.35. The van der Waals surface area contributed by atoms with Crippen molar-refractivity contribution in [2.45, 2.75) is 39.3 Å². The van der Waals surface area contributed by atoms with Crippen LogP contribution in [0.25, 0.3) is 22.2 Å². The van der Waals surface area contributed by atoms with Crippen molar-refractivity contribution in [3.63, 3.8) is 0 Å². The number of aromatic nitrogens is 2. The average molecular weight is 439 g/mol. The molecule has 3 aromatic heterocycles. The zero-order valence-corrected chi connectivity index (χ0v) is 19.6. The zero-order valence-electron chi connectivity index (χ0n) is 19.6. The number of hydrogen-bond donors (Lipinski definition) is 1. The van der Waals surface area contributed by atoms with Crippen LogP contribution < -0.4 is 5.32 Å². The lowest BCUT2D eigenvalue weighted by atomic mass is 10.1. The summed E-state index contributed by atoms with van der Waals surface area (Å²) >= 11 is 0. The Morgan fingerprint density at radius 1 is 1.00 bits per heavy atom. The van der Waals surface area contributed by atoms with Crippen LogP contribution in [0.4, 0.5) is 5.82 Å². The minimum Gasteiger partial charge on any atom is -0.456 e. The SMILES string of the molecule is Cc1noc(C)c1-c1cc2cc(CN3CCN(C)CC3)oc2c(NC2CCN(C)CC2)n1. The molecule has 0 unspecified atom stereocenters. The summed E-state index contributed by atoms with van der Waals surface area (Å²) in [7, 11) is 4.36. The maximum Gasteiger partial charge on any atom is 0.176 e. The standard InChI is InChI=1S/C24H34N6O2/c1-16-22(17(2)32-27-16)21-14-18-13-20(15-30-11-9-29(4)10-12-30)31-23(18)24(26-21)25-19-5-7-28(3)8-6-19/h13-14,19H,5-12,15H2,1-4H3,(H,25,26). The molecular weight excluding hydrogens is 404 g/mol. The van der Waals surface area contributed by atoms with E-state index in [1.807, 2.05) is 13.8 Å². The highest BCUT2D eigenvalue weighted by atomic mass is 16.5. The highest BCUT2D eigenvalue weighted by molar-refractivity contribution is 5.91. The monoisotopic (exact) mass is 438 g/mol. The summed E-state index contributed by atoms with van der Waals surface area (Å²) in [6.45, 7) is 11.3. The van der Waals surface area contributed by atoms with Crippen molar-refractivity contribution in [1.29, 1.82) is 0 Å². The van der Waals surface area contributed by atoms with E-state index < -0.39 is 0 Å². The number of likely N-dealkylation sites (N-methyl/N-ethyl adjacent to an activating group) is 1. The van der Waals surface area contributed by atoms with Crippen molar-refractivity contribution in [2.75, 3.05) is 58.7 Å². The van der Waals surface area contributed by atoms with Crippen LogP contribution in [-0.4, -0.2) is 84.2 Å². The fourth-order valence-corrected chi connectivity index (χ4v) is 4.83. The number of pyridine rings is 1. The van der Waals surface area contributed by atoms with Gasteiger partial charge in [-0.25, -0.2) is 4.98 Å². The smallest absolute Gasteiger partial charge is 0.176 e. The Balaban J connectivity index is 1.48. The predicted molar refractivity (Wildman–Crippen MR) is 126 cm³/mol. The van der Waals surface area contributed by atoms with Crippen molar-refractivity contribution in [3.8, 4) is 11.3 Å². The van der Waals surface area contributed by atoms with Gasteiger partial charge in [0.05, 0.1) is 23.5 Å². The molecule has 2 fully saturated rings. The van der Waals surface area contributed by atoms with Gasteiger partial charge in [0.15, 0.2) is 11.4 Å². The molecule has 0 amide bonds. The first kappa shape index (κ1) is 21.4. The van der Waals surface area contributed by atoms with Gasteiger partial charge in [-0.05, 0) is 66.0 Å². The molecule has 8 nitrogen and oxygen atoms in total. The van der Waals surface area contributed by atoms with E-state index in [0.717, 1.165) is 104 Å². The number of nitrogens with one attached hydrogen (secondary N) is 1. The summed E-state index contributed by atoms with van der Waals surface area (Å²) in [5.74, 6) is 2.62. The van der Waals surface area contributed by atoms with Gasteiger partial charge >= 0.3 is 0 Å². The Labute approximate surface area is 189 Å². The highest BCUT2D eigenvalue weighted by Gasteiger charge is 2.23. The van der Waals surface area contributed by atoms with Crippen LogP contribution >= 0.6 is 0 Å². The van der Waals surface area contributed by atoms with Crippen molar-refractivity contribution >= 4 is 16.8 Å². The van der Waals surface area contributed by atoms with Crippen molar-refractivity contribution in [1.82, 2.24) is 24.8 Å². The van der Waals surface area contributed by atoms with Crippen molar-refractivity contribution < 1.29 is 8.94 Å². The lowest BCUT2D eigenvalue weighted by molar-refractivity contribution is 0.141. The fourth-order valence-electron chi connectivity index (χ4n) is 4.83. The van der Waals surface area contributed by atoms with Gasteiger partial charge in [0.1, 0.15) is 11.5 Å². The summed E-state index contributed by atoms with van der Waals surface area (Å²) in [5.41, 5.74) is 3.57. The van der Waals surface area contributed by atoms with Crippen LogP contribution in [0.2, 0.25) is 0 Å². The minimum absolute atomic E-state index is 0.396. The molecule has 0 aliphatic carbocycles. The van der Waals surface area contributed by atoms with E-state index >= 15 is 0 Å². The van der Waals surface area contributed by atoms with Gasteiger partial charge < -0.3 is 24.1 Å². The molecule has 5 rings (SSSR count). The third kappa shape index (κ3) is 4.40. The molecule has 0 bridgehead atoms. The first-order chi connectivity index (χ1) is 15.5. The van der Waals surface area contributed by atoms with Gasteiger partial charge in [-0.1, -0.05) is 5.16 Å². The zero-order chi connectivity index (χ0) is 22.2. The van der Waals surface area contributed by atoms with Crippen LogP contribution in [0.3, 0.4) is 0 Å². The quantitative estimate of drug-likeness (QED) is 0.650. The van der Waals surface area contributed by atoms with E-state index in [4.69, 9.17) is 13.9 Å². The minimum atomic E-state index is 0.396. The van der Waals surface area contributed by atoms with Crippen LogP contribution in [0.5, 0.6) is 0 Å². The topological polar surface area (TPSA) is 73.8 Å². The molecule has 1 N–H and O–H groups in total. The number of likely N-dealkylation sites (tertiary alicyclic amines) is 1. The van der Waals surface area contributed by atoms with E-state index in [9.17, 15) is 0 Å². The molecule has 0 atom stereocenters. The third-order valence-electron chi connectivity index (χ3n) is 6.88. The Kier molecular flexibility index (Phi) is 5.92. The summed E-state index contributed by atoms with van der Waals surface area (Å²) in [6.07, 6.45) is 2.20. The van der Waals surface area contributed by atoms with Crippen molar-refractivity contribution in [3.05, 3.63) is 29.3 Å². The number of rotatable bonds is 5. The molecule has 0 aromatic carbocycles. The molecule has 0 radical (unpaired) electrons. The third-order valence-corrected chi connectivity index (χ3v) is 6.88. The first-order valence-corrected chi connectivity index (χ1v) is 11.7. The average Bonchev–Trinajstić information content (AvgIpc) is 3.33. The summed E-state index contributed by atoms with van der Waals surface area (Å²) in [4.78, 5) is 12.2. The van der Waals surface area contributed by atoms with Crippen LogP contribution in [-0.2, 0) is 6.54 Å². The summed E-state index contributed by atoms with van der Waals surface area (Å²) in [5, 5.41) is 8.92. The van der Waals surface area contributed by atoms with E-state index in [2.05, 4.69) is 51.4 Å². The Morgan fingerprint density at radius 3 is 2.41 bits per heavy atom. The number of piperazine rings is 1. The van der Waals surface area contributed by atoms with E-state index in [-0.39, 0.29) is 0 Å². The second-order valence-corrected chi connectivity index (χ2v) is 9.49. The molecule has 2 saturated heterocycles. The molecule has 0 spiro atoms. The number of fused-ring (bicyclic) bond motifs is 1. The molecule has 172 valence electrons. The van der Waals surface area contributed by atoms with Gasteiger partial charge in [0, 0.05) is 37.6 Å². The molecule has 0 saturated carbocycles. The van der Waals surface area contributed by atoms with Crippen LogP contribution in [0.1, 0.15) is 30.1 Å². The molecule has 5 heterocycles. The van der Waals surface area contributed by atoms with Gasteiger partial charge in [-0.3, -0.25) is 4.90 Å². The molecule has 32 heavy (non-hydrogen) atoms. The highest BCUT2D eigenvalue weighted by Crippen LogP contribution is 2.34. The van der Waals surface area contributed by atoms with E-state index in [0.29, 0.717) is 6.04 Å². The van der Waals surface area contributed by atoms with Gasteiger partial charge in [0.25, 0.3) is 0 Å². The molecule has 2 aliphatic rings. The molecule has 3 aromatic rings. The lowest BCUT2D eigenvalue weighted by Crippen LogP contribution is -2.43. The van der Waals surface area contributed by atoms with Gasteiger partial charge in [-0.15, -0.1) is 0 Å². The summed E-state index contributed by atoms with van der Waals surface area (Å²) < 4.78 is 11.8. The van der Waals surface area contributed by atoms with Crippen LogP contribution in [0.15, 0.2) is 21.1 Å². The van der Waals surface area contributed by atoms with Gasteiger partial charge in [0.2, 0.25) is 0 Å². The van der Waals surface area contributed by atoms with Gasteiger partial charge in [-0.2, -0.15) is 0 Å². The molecular formula is C24H34N6O2. The molecule has 2 aliphatic heterocycles. The Morgan fingerprint density at radius 2 is 1.72 bits per heavy atom.